The first-order valence-electron chi connectivity index (χ1n) is 6.65. The van der Waals surface area contributed by atoms with E-state index >= 15 is 0 Å². The van der Waals surface area contributed by atoms with E-state index in [1.54, 1.807) is 6.07 Å². The minimum Gasteiger partial charge on any atom is -0.489 e. The Balaban J connectivity index is 2.09. The van der Waals surface area contributed by atoms with E-state index in [0.29, 0.717) is 16.9 Å². The fourth-order valence-corrected chi connectivity index (χ4v) is 1.97. The van der Waals surface area contributed by atoms with Gasteiger partial charge in [-0.1, -0.05) is 12.1 Å². The van der Waals surface area contributed by atoms with Crippen molar-refractivity contribution in [3.63, 3.8) is 0 Å². The standard InChI is InChI=1S/C17H12F3NO2/c1-11(22)16-7-6-15(8-13(16)9-21)23-10-12-2-4-14(5-3-12)17(18,19)20/h2-8H,10H2,1H3. The summed E-state index contributed by atoms with van der Waals surface area (Å²) in [7, 11) is 0. The van der Waals surface area contributed by atoms with Crippen molar-refractivity contribution in [3.8, 4) is 11.8 Å². The maximum Gasteiger partial charge on any atom is 0.416 e. The average Bonchev–Trinajstić information content (AvgIpc) is 2.52. The van der Waals surface area contributed by atoms with Gasteiger partial charge in [0, 0.05) is 5.56 Å². The van der Waals surface area contributed by atoms with Crippen LogP contribution in [0.4, 0.5) is 13.2 Å². The SMILES string of the molecule is CC(=O)c1ccc(OCc2ccc(C(F)(F)F)cc2)cc1C#N. The molecule has 0 unspecified atom stereocenters. The number of carbonyl (C=O) groups excluding carboxylic acids is 1. The zero-order valence-electron chi connectivity index (χ0n) is 12.1. The topological polar surface area (TPSA) is 50.1 Å². The van der Waals surface area contributed by atoms with Crippen molar-refractivity contribution in [1.82, 2.24) is 0 Å². The van der Waals surface area contributed by atoms with Crippen LogP contribution in [0.1, 0.15) is 34.0 Å². The van der Waals surface area contributed by atoms with Crippen LogP contribution in [0.5, 0.6) is 5.75 Å². The van der Waals surface area contributed by atoms with Crippen LogP contribution in [0.25, 0.3) is 0 Å². The van der Waals surface area contributed by atoms with E-state index in [4.69, 9.17) is 10.00 Å². The third-order valence-electron chi connectivity index (χ3n) is 3.18. The van der Waals surface area contributed by atoms with Gasteiger partial charge < -0.3 is 4.74 Å². The quantitative estimate of drug-likeness (QED) is 0.787. The van der Waals surface area contributed by atoms with Crippen molar-refractivity contribution in [2.45, 2.75) is 19.7 Å². The molecule has 0 saturated carbocycles. The monoisotopic (exact) mass is 319 g/mol. The molecular weight excluding hydrogens is 307 g/mol. The first-order chi connectivity index (χ1) is 10.8. The predicted molar refractivity (Wildman–Crippen MR) is 76.9 cm³/mol. The van der Waals surface area contributed by atoms with Crippen molar-refractivity contribution in [1.29, 1.82) is 5.26 Å². The summed E-state index contributed by atoms with van der Waals surface area (Å²) >= 11 is 0. The van der Waals surface area contributed by atoms with Gasteiger partial charge in [0.2, 0.25) is 0 Å². The maximum atomic E-state index is 12.5. The molecule has 0 aliphatic rings. The number of ether oxygens (including phenoxy) is 1. The molecule has 6 heteroatoms. The lowest BCUT2D eigenvalue weighted by Gasteiger charge is -2.10. The van der Waals surface area contributed by atoms with Gasteiger partial charge in [-0.25, -0.2) is 0 Å². The van der Waals surface area contributed by atoms with Crippen molar-refractivity contribution >= 4 is 5.78 Å². The normalized spacial score (nSPS) is 10.9. The van der Waals surface area contributed by atoms with Gasteiger partial charge in [-0.2, -0.15) is 18.4 Å². The number of Topliss-reactive ketones (excluding diaryl/α,β-unsaturated/α-hetero) is 1. The van der Waals surface area contributed by atoms with Crippen LogP contribution in [0.3, 0.4) is 0 Å². The van der Waals surface area contributed by atoms with E-state index in [-0.39, 0.29) is 18.0 Å². The summed E-state index contributed by atoms with van der Waals surface area (Å²) in [6, 6.07) is 11.0. The van der Waals surface area contributed by atoms with Gasteiger partial charge in [-0.05, 0) is 42.8 Å². The van der Waals surface area contributed by atoms with Crippen LogP contribution in [0, 0.1) is 11.3 Å². The lowest BCUT2D eigenvalue weighted by Crippen LogP contribution is -2.05. The first kappa shape index (κ1) is 16.6. The highest BCUT2D eigenvalue weighted by molar-refractivity contribution is 5.96. The summed E-state index contributed by atoms with van der Waals surface area (Å²) in [6.07, 6.45) is -4.37. The van der Waals surface area contributed by atoms with Crippen LogP contribution < -0.4 is 4.74 Å². The third kappa shape index (κ3) is 4.10. The summed E-state index contributed by atoms with van der Waals surface area (Å²) in [5.41, 5.74) is 0.336. The van der Waals surface area contributed by atoms with E-state index in [1.165, 1.54) is 31.2 Å². The Bertz CT molecular complexity index is 759. The number of hydrogen-bond donors (Lipinski definition) is 0. The molecule has 0 fully saturated rings. The highest BCUT2D eigenvalue weighted by Gasteiger charge is 2.29. The summed E-state index contributed by atoms with van der Waals surface area (Å²) in [4.78, 5) is 11.3. The fraction of sp³-hybridized carbons (Fsp3) is 0.176. The molecule has 0 aliphatic carbocycles. The molecule has 0 spiro atoms. The molecule has 2 aromatic rings. The first-order valence-corrected chi connectivity index (χ1v) is 6.65. The zero-order valence-corrected chi connectivity index (χ0v) is 12.1. The molecule has 0 N–H and O–H groups in total. The molecule has 0 aliphatic heterocycles. The second kappa shape index (κ2) is 6.53. The Labute approximate surface area is 130 Å². The number of nitrogens with zero attached hydrogens (tertiary/aromatic N) is 1. The number of benzene rings is 2. The minimum absolute atomic E-state index is 0.0580. The average molecular weight is 319 g/mol. The summed E-state index contributed by atoms with van der Waals surface area (Å²) in [6.45, 7) is 1.42. The fourth-order valence-electron chi connectivity index (χ4n) is 1.97. The molecule has 0 saturated heterocycles. The van der Waals surface area contributed by atoms with E-state index in [9.17, 15) is 18.0 Å². The molecule has 2 aromatic carbocycles. The van der Waals surface area contributed by atoms with Crippen LogP contribution in [-0.4, -0.2) is 5.78 Å². The smallest absolute Gasteiger partial charge is 0.416 e. The minimum atomic E-state index is -4.37. The van der Waals surface area contributed by atoms with Gasteiger partial charge >= 0.3 is 6.18 Å². The number of ketones is 1. The molecule has 0 amide bonds. The number of nitriles is 1. The van der Waals surface area contributed by atoms with E-state index in [2.05, 4.69) is 0 Å². The van der Waals surface area contributed by atoms with Crippen molar-refractivity contribution < 1.29 is 22.7 Å². The number of carbonyl (C=O) groups is 1. The highest BCUT2D eigenvalue weighted by atomic mass is 19.4. The van der Waals surface area contributed by atoms with E-state index in [0.717, 1.165) is 12.1 Å². The zero-order chi connectivity index (χ0) is 17.0. The maximum absolute atomic E-state index is 12.5. The molecule has 0 heterocycles. The molecule has 118 valence electrons. The molecular formula is C17H12F3NO2. The van der Waals surface area contributed by atoms with Crippen LogP contribution in [-0.2, 0) is 12.8 Å². The Morgan fingerprint density at radius 3 is 2.35 bits per heavy atom. The summed E-state index contributed by atoms with van der Waals surface area (Å²) in [5.74, 6) is 0.141. The predicted octanol–water partition coefficient (Wildman–Crippen LogP) is 4.36. The van der Waals surface area contributed by atoms with E-state index in [1.807, 2.05) is 6.07 Å². The van der Waals surface area contributed by atoms with Gasteiger partial charge in [0.05, 0.1) is 11.1 Å². The van der Waals surface area contributed by atoms with Gasteiger partial charge in [-0.15, -0.1) is 0 Å². The van der Waals surface area contributed by atoms with Crippen molar-refractivity contribution in [2.75, 3.05) is 0 Å². The Hall–Kier alpha value is -2.81. The Morgan fingerprint density at radius 2 is 1.83 bits per heavy atom. The molecule has 0 radical (unpaired) electrons. The Morgan fingerprint density at radius 1 is 1.17 bits per heavy atom. The second-order valence-electron chi connectivity index (χ2n) is 4.86. The van der Waals surface area contributed by atoms with Crippen LogP contribution in [0.15, 0.2) is 42.5 Å². The second-order valence-corrected chi connectivity index (χ2v) is 4.86. The molecule has 2 rings (SSSR count). The number of hydrogen-bond acceptors (Lipinski definition) is 3. The lowest BCUT2D eigenvalue weighted by molar-refractivity contribution is -0.137. The molecule has 3 nitrogen and oxygen atoms in total. The highest BCUT2D eigenvalue weighted by Crippen LogP contribution is 2.29. The van der Waals surface area contributed by atoms with E-state index < -0.39 is 11.7 Å². The van der Waals surface area contributed by atoms with Crippen molar-refractivity contribution in [2.24, 2.45) is 0 Å². The van der Waals surface area contributed by atoms with Gasteiger partial charge in [0.25, 0.3) is 0 Å². The lowest BCUT2D eigenvalue weighted by atomic mass is 10.1. The Kier molecular flexibility index (Phi) is 4.70. The van der Waals surface area contributed by atoms with Gasteiger partial charge in [0.15, 0.2) is 5.78 Å². The third-order valence-corrected chi connectivity index (χ3v) is 3.18. The molecule has 23 heavy (non-hydrogen) atoms. The molecule has 0 atom stereocenters. The number of alkyl halides is 3. The van der Waals surface area contributed by atoms with Gasteiger partial charge in [0.1, 0.15) is 18.4 Å². The molecule has 0 bridgehead atoms. The van der Waals surface area contributed by atoms with Gasteiger partial charge in [-0.3, -0.25) is 4.79 Å². The number of halogens is 3. The summed E-state index contributed by atoms with van der Waals surface area (Å²) < 4.78 is 42.9. The van der Waals surface area contributed by atoms with Crippen molar-refractivity contribution in [3.05, 3.63) is 64.7 Å². The number of rotatable bonds is 4. The van der Waals surface area contributed by atoms with Crippen LogP contribution in [0.2, 0.25) is 0 Å². The van der Waals surface area contributed by atoms with Crippen LogP contribution >= 0.6 is 0 Å². The summed E-state index contributed by atoms with van der Waals surface area (Å²) in [5, 5.41) is 9.02. The molecule has 0 aromatic heterocycles. The largest absolute Gasteiger partial charge is 0.489 e.